The van der Waals surface area contributed by atoms with E-state index in [1.807, 2.05) is 0 Å². The van der Waals surface area contributed by atoms with Crippen molar-refractivity contribution in [1.82, 2.24) is 15.0 Å². The number of nitrogens with zero attached hydrogens (tertiary/aromatic N) is 3. The quantitative estimate of drug-likeness (QED) is 0.254. The van der Waals surface area contributed by atoms with Gasteiger partial charge in [-0.3, -0.25) is 0 Å². The van der Waals surface area contributed by atoms with Gasteiger partial charge < -0.3 is 40.4 Å². The zero-order chi connectivity index (χ0) is 18.5. The minimum Gasteiger partial charge on any atom is -0.389 e. The molecule has 0 amide bonds. The van der Waals surface area contributed by atoms with Crippen LogP contribution in [0.5, 0.6) is 0 Å². The van der Waals surface area contributed by atoms with Gasteiger partial charge in [0.05, 0.1) is 32.0 Å². The van der Waals surface area contributed by atoms with Crippen molar-refractivity contribution in [2.45, 2.75) is 12.2 Å². The average molecular weight is 360 g/mol. The second-order valence-corrected chi connectivity index (χ2v) is 5.21. The summed E-state index contributed by atoms with van der Waals surface area (Å²) >= 11 is 0. The zero-order valence-corrected chi connectivity index (χ0v) is 14.9. The molecule has 0 saturated carbocycles. The van der Waals surface area contributed by atoms with Gasteiger partial charge in [0.1, 0.15) is 0 Å². The number of methoxy groups -OCH3 is 3. The molecule has 2 atom stereocenters. The summed E-state index contributed by atoms with van der Waals surface area (Å²) in [4.78, 5) is 12.6. The predicted molar refractivity (Wildman–Crippen MR) is 92.9 cm³/mol. The molecule has 0 aliphatic carbocycles. The summed E-state index contributed by atoms with van der Waals surface area (Å²) in [5.74, 6) is 0.919. The van der Waals surface area contributed by atoms with Crippen molar-refractivity contribution in [1.29, 1.82) is 0 Å². The maximum absolute atomic E-state index is 9.70. The van der Waals surface area contributed by atoms with Crippen LogP contribution in [0.1, 0.15) is 0 Å². The summed E-state index contributed by atoms with van der Waals surface area (Å²) in [7, 11) is 4.62. The van der Waals surface area contributed by atoms with Crippen LogP contribution in [0.4, 0.5) is 17.8 Å². The van der Waals surface area contributed by atoms with E-state index in [0.717, 1.165) is 0 Å². The predicted octanol–water partition coefficient (Wildman–Crippen LogP) is -1.23. The Hall–Kier alpha value is -1.79. The van der Waals surface area contributed by atoms with Crippen LogP contribution in [-0.4, -0.2) is 98.2 Å². The lowest BCUT2D eigenvalue weighted by Gasteiger charge is -2.14. The van der Waals surface area contributed by atoms with Crippen LogP contribution in [0, 0.1) is 0 Å². The van der Waals surface area contributed by atoms with E-state index in [1.54, 1.807) is 7.11 Å². The molecule has 0 aromatic carbocycles. The van der Waals surface area contributed by atoms with Crippen molar-refractivity contribution in [3.05, 3.63) is 0 Å². The van der Waals surface area contributed by atoms with Gasteiger partial charge in [-0.15, -0.1) is 0 Å². The lowest BCUT2D eigenvalue weighted by molar-refractivity contribution is 0.0726. The number of ether oxygens (including phenoxy) is 3. The molecule has 2 unspecified atom stereocenters. The van der Waals surface area contributed by atoms with E-state index in [1.165, 1.54) is 14.2 Å². The molecule has 25 heavy (non-hydrogen) atoms. The molecule has 1 heterocycles. The normalized spacial score (nSPS) is 13.3. The molecular formula is C14H28N6O5. The zero-order valence-electron chi connectivity index (χ0n) is 14.9. The first-order chi connectivity index (χ1) is 12.1. The molecule has 5 N–H and O–H groups in total. The summed E-state index contributed by atoms with van der Waals surface area (Å²) in [5, 5.41) is 28.3. The fourth-order valence-corrected chi connectivity index (χ4v) is 1.80. The van der Waals surface area contributed by atoms with Gasteiger partial charge >= 0.3 is 0 Å². The van der Waals surface area contributed by atoms with Crippen molar-refractivity contribution in [3.63, 3.8) is 0 Å². The Morgan fingerprint density at radius 3 is 1.60 bits per heavy atom. The first kappa shape index (κ1) is 21.3. The molecular weight excluding hydrogens is 332 g/mol. The first-order valence-electron chi connectivity index (χ1n) is 7.89. The second kappa shape index (κ2) is 12.6. The number of anilines is 3. The number of nitrogens with one attached hydrogen (secondary N) is 3. The van der Waals surface area contributed by atoms with E-state index in [-0.39, 0.29) is 38.2 Å². The molecule has 0 fully saturated rings. The Kier molecular flexibility index (Phi) is 10.7. The Bertz CT molecular complexity index is 447. The van der Waals surface area contributed by atoms with Crippen molar-refractivity contribution >= 4 is 17.8 Å². The Morgan fingerprint density at radius 2 is 1.20 bits per heavy atom. The second-order valence-electron chi connectivity index (χ2n) is 5.21. The molecule has 1 rings (SSSR count). The number of hydrogen-bond donors (Lipinski definition) is 5. The molecule has 144 valence electrons. The third-order valence-corrected chi connectivity index (χ3v) is 2.93. The first-order valence-corrected chi connectivity index (χ1v) is 7.89. The van der Waals surface area contributed by atoms with Crippen LogP contribution in [0.2, 0.25) is 0 Å². The minimum absolute atomic E-state index is 0.200. The van der Waals surface area contributed by atoms with E-state index in [2.05, 4.69) is 30.9 Å². The standard InChI is InChI=1S/C14H28N6O5/c1-23-5-4-15-12-18-13(16-6-10(21)8-24-2)20-14(19-12)17-7-11(22)9-25-3/h10-11,21-22H,4-9H2,1-3H3,(H3,15,16,17,18,19,20). The topological polar surface area (TPSA) is 143 Å². The summed E-state index contributed by atoms with van der Waals surface area (Å²) in [6, 6.07) is 0. The van der Waals surface area contributed by atoms with E-state index >= 15 is 0 Å². The van der Waals surface area contributed by atoms with Crippen LogP contribution in [-0.2, 0) is 14.2 Å². The van der Waals surface area contributed by atoms with Crippen LogP contribution in [0.25, 0.3) is 0 Å². The smallest absolute Gasteiger partial charge is 0.229 e. The number of hydrogen-bond acceptors (Lipinski definition) is 11. The molecule has 0 spiro atoms. The SMILES string of the molecule is COCCNc1nc(NCC(O)COC)nc(NCC(O)COC)n1. The average Bonchev–Trinajstić information content (AvgIpc) is 2.59. The number of aromatic nitrogens is 3. The van der Waals surface area contributed by atoms with Gasteiger partial charge in [-0.05, 0) is 0 Å². The Balaban J connectivity index is 2.72. The minimum atomic E-state index is -0.688. The van der Waals surface area contributed by atoms with Gasteiger partial charge in [-0.2, -0.15) is 15.0 Å². The highest BCUT2D eigenvalue weighted by Gasteiger charge is 2.10. The highest BCUT2D eigenvalue weighted by molar-refractivity contribution is 5.42. The molecule has 1 aromatic heterocycles. The summed E-state index contributed by atoms with van der Waals surface area (Å²) in [6.07, 6.45) is -1.38. The molecule has 0 radical (unpaired) electrons. The van der Waals surface area contributed by atoms with E-state index in [9.17, 15) is 10.2 Å². The van der Waals surface area contributed by atoms with Crippen molar-refractivity contribution in [3.8, 4) is 0 Å². The van der Waals surface area contributed by atoms with Gasteiger partial charge in [0.2, 0.25) is 17.8 Å². The summed E-state index contributed by atoms with van der Waals surface area (Å²) in [5.41, 5.74) is 0. The van der Waals surface area contributed by atoms with Crippen LogP contribution < -0.4 is 16.0 Å². The van der Waals surface area contributed by atoms with Crippen molar-refractivity contribution < 1.29 is 24.4 Å². The lowest BCUT2D eigenvalue weighted by Crippen LogP contribution is -2.27. The van der Waals surface area contributed by atoms with Crippen molar-refractivity contribution in [2.75, 3.05) is 76.7 Å². The van der Waals surface area contributed by atoms with Crippen LogP contribution >= 0.6 is 0 Å². The van der Waals surface area contributed by atoms with Gasteiger partial charge in [-0.25, -0.2) is 0 Å². The molecule has 11 nitrogen and oxygen atoms in total. The Labute approximate surface area is 147 Å². The Morgan fingerprint density at radius 1 is 0.760 bits per heavy atom. The fraction of sp³-hybridized carbons (Fsp3) is 0.786. The third-order valence-electron chi connectivity index (χ3n) is 2.93. The molecule has 0 saturated heterocycles. The van der Waals surface area contributed by atoms with Crippen LogP contribution in [0.15, 0.2) is 0 Å². The van der Waals surface area contributed by atoms with Crippen LogP contribution in [0.3, 0.4) is 0 Å². The largest absolute Gasteiger partial charge is 0.389 e. The molecule has 1 aromatic rings. The van der Waals surface area contributed by atoms with Gasteiger partial charge in [0, 0.05) is 41.0 Å². The number of aliphatic hydroxyl groups is 2. The number of rotatable bonds is 14. The summed E-state index contributed by atoms with van der Waals surface area (Å²) in [6.45, 7) is 1.87. The van der Waals surface area contributed by atoms with Gasteiger partial charge in [0.15, 0.2) is 0 Å². The monoisotopic (exact) mass is 360 g/mol. The maximum Gasteiger partial charge on any atom is 0.229 e. The molecule has 11 heteroatoms. The molecule has 0 aliphatic heterocycles. The molecule has 0 bridgehead atoms. The van der Waals surface area contributed by atoms with Crippen molar-refractivity contribution in [2.24, 2.45) is 0 Å². The highest BCUT2D eigenvalue weighted by atomic mass is 16.5. The molecule has 0 aliphatic rings. The highest BCUT2D eigenvalue weighted by Crippen LogP contribution is 2.09. The summed E-state index contributed by atoms with van der Waals surface area (Å²) < 4.78 is 14.7. The van der Waals surface area contributed by atoms with E-state index < -0.39 is 12.2 Å². The third kappa shape index (κ3) is 9.31. The van der Waals surface area contributed by atoms with Gasteiger partial charge in [-0.1, -0.05) is 0 Å². The van der Waals surface area contributed by atoms with Gasteiger partial charge in [0.25, 0.3) is 0 Å². The van der Waals surface area contributed by atoms with E-state index in [4.69, 9.17) is 14.2 Å². The fourth-order valence-electron chi connectivity index (χ4n) is 1.80. The number of aliphatic hydroxyl groups excluding tert-OH is 2. The van der Waals surface area contributed by atoms with E-state index in [0.29, 0.717) is 19.1 Å². The lowest BCUT2D eigenvalue weighted by atomic mass is 10.4. The maximum atomic E-state index is 9.70.